The summed E-state index contributed by atoms with van der Waals surface area (Å²) in [7, 11) is 0. The zero-order valence-corrected chi connectivity index (χ0v) is 12.5. The van der Waals surface area contributed by atoms with Gasteiger partial charge in [-0.2, -0.15) is 4.98 Å². The van der Waals surface area contributed by atoms with E-state index in [9.17, 15) is 4.79 Å². The maximum atomic E-state index is 10.6. The van der Waals surface area contributed by atoms with Gasteiger partial charge < -0.3 is 21.3 Å². The molecule has 8 heteroatoms. The summed E-state index contributed by atoms with van der Waals surface area (Å²) in [6.07, 6.45) is 5.67. The van der Waals surface area contributed by atoms with E-state index in [1.54, 1.807) is 6.07 Å². The summed E-state index contributed by atoms with van der Waals surface area (Å²) >= 11 is 0. The molecule has 1 aliphatic heterocycles. The highest BCUT2D eigenvalue weighted by atomic mass is 16.5. The third-order valence-corrected chi connectivity index (χ3v) is 3.58. The molecule has 1 fully saturated rings. The Labute approximate surface area is 128 Å². The number of nitrogens with two attached hydrogens (primary N) is 2. The number of hydrogen-bond donors (Lipinski definition) is 3. The van der Waals surface area contributed by atoms with E-state index >= 15 is 0 Å². The van der Waals surface area contributed by atoms with Gasteiger partial charge >= 0.3 is 5.97 Å². The van der Waals surface area contributed by atoms with Crippen molar-refractivity contribution in [3.63, 3.8) is 0 Å². The molecule has 2 heterocycles. The number of nitrogens with zero attached hydrogens (tertiary/aromatic N) is 3. The Bertz CT molecular complexity index is 566. The van der Waals surface area contributed by atoms with Crippen molar-refractivity contribution >= 4 is 11.8 Å². The van der Waals surface area contributed by atoms with Gasteiger partial charge in [-0.1, -0.05) is 0 Å². The van der Waals surface area contributed by atoms with Crippen LogP contribution >= 0.6 is 0 Å². The summed E-state index contributed by atoms with van der Waals surface area (Å²) < 4.78 is 7.54. The smallest absolute Gasteiger partial charge is 0.320 e. The molecule has 0 aromatic carbocycles. The molecule has 1 aromatic heterocycles. The molecule has 2 unspecified atom stereocenters. The maximum Gasteiger partial charge on any atom is 0.320 e. The van der Waals surface area contributed by atoms with Crippen LogP contribution in [-0.4, -0.2) is 39.8 Å². The number of aromatic nitrogens is 2. The first kappa shape index (κ1) is 16.4. The van der Waals surface area contributed by atoms with Gasteiger partial charge in [0.05, 0.1) is 0 Å². The lowest BCUT2D eigenvalue weighted by atomic mass is 10.1. The number of carboxylic acid groups (broad SMARTS) is 1. The molecule has 1 aromatic rings. The highest BCUT2D eigenvalue weighted by Crippen LogP contribution is 2.20. The second-order valence-electron chi connectivity index (χ2n) is 5.35. The molecule has 22 heavy (non-hydrogen) atoms. The molecule has 122 valence electrons. The Hall–Kier alpha value is -1.93. The van der Waals surface area contributed by atoms with Gasteiger partial charge in [0.15, 0.2) is 0 Å². The summed E-state index contributed by atoms with van der Waals surface area (Å²) in [5.41, 5.74) is 11.7. The van der Waals surface area contributed by atoms with Gasteiger partial charge in [0.1, 0.15) is 18.1 Å². The number of anilines is 1. The average Bonchev–Trinajstić information content (AvgIpc) is 3.00. The van der Waals surface area contributed by atoms with E-state index in [4.69, 9.17) is 21.3 Å². The Kier molecular flexibility index (Phi) is 5.91. The minimum absolute atomic E-state index is 0.0349. The van der Waals surface area contributed by atoms with Gasteiger partial charge in [0.2, 0.25) is 5.62 Å². The van der Waals surface area contributed by atoms with Crippen molar-refractivity contribution in [3.8, 4) is 0 Å². The minimum atomic E-state index is -0.967. The first-order valence-corrected chi connectivity index (χ1v) is 7.53. The molecule has 0 amide bonds. The molecule has 2 atom stereocenters. The van der Waals surface area contributed by atoms with Crippen LogP contribution < -0.4 is 17.1 Å². The van der Waals surface area contributed by atoms with Crippen LogP contribution in [0.5, 0.6) is 0 Å². The SMILES string of the molecule is Nc1ccn(C2CCCO2)c(=NCCCCC(N)C(=O)O)n1. The van der Waals surface area contributed by atoms with Gasteiger partial charge in [-0.3, -0.25) is 14.4 Å². The van der Waals surface area contributed by atoms with Gasteiger partial charge in [-0.05, 0) is 38.2 Å². The van der Waals surface area contributed by atoms with Gasteiger partial charge in [-0.25, -0.2) is 0 Å². The van der Waals surface area contributed by atoms with Crippen molar-refractivity contribution in [3.05, 3.63) is 17.9 Å². The lowest BCUT2D eigenvalue weighted by Gasteiger charge is -2.14. The number of ether oxygens (including phenoxy) is 1. The molecule has 0 bridgehead atoms. The van der Waals surface area contributed by atoms with Crippen LogP contribution in [0.15, 0.2) is 17.3 Å². The van der Waals surface area contributed by atoms with Crippen molar-refractivity contribution in [2.45, 2.75) is 44.4 Å². The van der Waals surface area contributed by atoms with Crippen LogP contribution in [-0.2, 0) is 9.53 Å². The van der Waals surface area contributed by atoms with Crippen molar-refractivity contribution in [2.75, 3.05) is 18.9 Å². The van der Waals surface area contributed by atoms with Gasteiger partial charge in [0.25, 0.3) is 0 Å². The summed E-state index contributed by atoms with van der Waals surface area (Å²) in [4.78, 5) is 19.3. The molecule has 5 N–H and O–H groups in total. The van der Waals surface area contributed by atoms with Crippen LogP contribution in [0, 0.1) is 0 Å². The third-order valence-electron chi connectivity index (χ3n) is 3.58. The minimum Gasteiger partial charge on any atom is -0.480 e. The van der Waals surface area contributed by atoms with Crippen LogP contribution in [0.4, 0.5) is 5.82 Å². The van der Waals surface area contributed by atoms with Crippen LogP contribution in [0.3, 0.4) is 0 Å². The van der Waals surface area contributed by atoms with E-state index in [2.05, 4.69) is 9.98 Å². The highest BCUT2D eigenvalue weighted by molar-refractivity contribution is 5.72. The molecule has 8 nitrogen and oxygen atoms in total. The molecule has 0 saturated carbocycles. The van der Waals surface area contributed by atoms with Crippen molar-refractivity contribution in [1.29, 1.82) is 0 Å². The predicted octanol–water partition coefficient (Wildman–Crippen LogP) is 0.257. The van der Waals surface area contributed by atoms with Gasteiger partial charge in [-0.15, -0.1) is 0 Å². The largest absolute Gasteiger partial charge is 0.480 e. The monoisotopic (exact) mass is 309 g/mol. The molecule has 0 aliphatic carbocycles. The number of hydrogen-bond acceptors (Lipinski definition) is 6. The standard InChI is InChI=1S/C14H23N5O3/c15-10(13(20)21)4-1-2-7-17-14-18-11(16)6-8-19(14)12-5-3-9-22-12/h6,8,10,12H,1-5,7,9,15H2,(H,20,21)(H2,16,17,18). The zero-order chi connectivity index (χ0) is 15.9. The Balaban J connectivity index is 1.95. The third kappa shape index (κ3) is 4.54. The quantitative estimate of drug-likeness (QED) is 0.619. The molecule has 0 spiro atoms. The molecule has 1 aliphatic rings. The highest BCUT2D eigenvalue weighted by Gasteiger charge is 2.17. The van der Waals surface area contributed by atoms with Crippen molar-refractivity contribution < 1.29 is 14.6 Å². The number of carboxylic acids is 1. The van der Waals surface area contributed by atoms with Crippen molar-refractivity contribution in [2.24, 2.45) is 10.7 Å². The fourth-order valence-electron chi connectivity index (χ4n) is 2.33. The summed E-state index contributed by atoms with van der Waals surface area (Å²) in [6, 6.07) is 0.925. The Morgan fingerprint density at radius 3 is 3.09 bits per heavy atom. The lowest BCUT2D eigenvalue weighted by molar-refractivity contribution is -0.138. The average molecular weight is 309 g/mol. The Morgan fingerprint density at radius 2 is 2.41 bits per heavy atom. The fraction of sp³-hybridized carbons (Fsp3) is 0.643. The van der Waals surface area contributed by atoms with Crippen LogP contribution in [0.25, 0.3) is 0 Å². The van der Waals surface area contributed by atoms with Crippen LogP contribution in [0.2, 0.25) is 0 Å². The molecular formula is C14H23N5O3. The molecule has 0 radical (unpaired) electrons. The molecule has 1 saturated heterocycles. The second-order valence-corrected chi connectivity index (χ2v) is 5.35. The first-order valence-electron chi connectivity index (χ1n) is 7.53. The summed E-state index contributed by atoms with van der Waals surface area (Å²) in [5, 5.41) is 8.72. The van der Waals surface area contributed by atoms with E-state index in [0.717, 1.165) is 25.9 Å². The number of nitrogen functional groups attached to an aromatic ring is 1. The maximum absolute atomic E-state index is 10.6. The second kappa shape index (κ2) is 7.90. The van der Waals surface area contributed by atoms with E-state index in [1.165, 1.54) is 0 Å². The van der Waals surface area contributed by atoms with Gasteiger partial charge in [0, 0.05) is 19.3 Å². The zero-order valence-electron chi connectivity index (χ0n) is 12.5. The summed E-state index contributed by atoms with van der Waals surface area (Å²) in [6.45, 7) is 1.30. The topological polar surface area (TPSA) is 129 Å². The van der Waals surface area contributed by atoms with E-state index in [0.29, 0.717) is 30.8 Å². The fourth-order valence-corrected chi connectivity index (χ4v) is 2.33. The lowest BCUT2D eigenvalue weighted by Crippen LogP contribution is -2.30. The number of carbonyl (C=O) groups is 1. The number of unbranched alkanes of at least 4 members (excludes halogenated alkanes) is 1. The van der Waals surface area contributed by atoms with Crippen LogP contribution in [0.1, 0.15) is 38.3 Å². The molecular weight excluding hydrogens is 286 g/mol. The van der Waals surface area contributed by atoms with Crippen molar-refractivity contribution in [1.82, 2.24) is 9.55 Å². The Morgan fingerprint density at radius 1 is 1.59 bits per heavy atom. The first-order chi connectivity index (χ1) is 10.6. The summed E-state index contributed by atoms with van der Waals surface area (Å²) in [5.74, 6) is -0.549. The molecule has 2 rings (SSSR count). The number of aliphatic carboxylic acids is 1. The van der Waals surface area contributed by atoms with E-state index in [1.807, 2.05) is 10.8 Å². The van der Waals surface area contributed by atoms with E-state index in [-0.39, 0.29) is 6.23 Å². The van der Waals surface area contributed by atoms with E-state index < -0.39 is 12.0 Å². The normalized spacial score (nSPS) is 20.2. The predicted molar refractivity (Wildman–Crippen MR) is 80.8 cm³/mol. The number of rotatable bonds is 7.